The molecule has 2 aliphatic rings. The van der Waals surface area contributed by atoms with Crippen LogP contribution in [0, 0.1) is 0 Å². The number of rotatable bonds is 4. The van der Waals surface area contributed by atoms with Gasteiger partial charge in [0.25, 0.3) is 0 Å². The lowest BCUT2D eigenvalue weighted by molar-refractivity contribution is -0.0716. The second-order valence-corrected chi connectivity index (χ2v) is 6.30. The van der Waals surface area contributed by atoms with E-state index in [1.807, 2.05) is 0 Å². The van der Waals surface area contributed by atoms with Gasteiger partial charge in [-0.25, -0.2) is 0 Å². The fraction of sp³-hybridized carbons (Fsp3) is 1.00. The number of hydrogen-bond donors (Lipinski definition) is 1. The van der Waals surface area contributed by atoms with Gasteiger partial charge in [0.2, 0.25) is 0 Å². The van der Waals surface area contributed by atoms with Gasteiger partial charge >= 0.3 is 0 Å². The van der Waals surface area contributed by atoms with Crippen LogP contribution in [0.5, 0.6) is 0 Å². The van der Waals surface area contributed by atoms with Gasteiger partial charge in [-0.3, -0.25) is 0 Å². The largest absolute Gasteiger partial charge is 0.372 e. The van der Waals surface area contributed by atoms with Crippen molar-refractivity contribution in [3.05, 3.63) is 0 Å². The van der Waals surface area contributed by atoms with Crippen LogP contribution in [0.1, 0.15) is 78.1 Å². The summed E-state index contributed by atoms with van der Waals surface area (Å²) in [6, 6.07) is 0. The van der Waals surface area contributed by atoms with Gasteiger partial charge in [-0.2, -0.15) is 0 Å². The molecule has 17 heavy (non-hydrogen) atoms. The minimum absolute atomic E-state index is 0.00482. The fourth-order valence-electron chi connectivity index (χ4n) is 3.60. The highest BCUT2D eigenvalue weighted by Gasteiger charge is 2.42. The van der Waals surface area contributed by atoms with Gasteiger partial charge in [0.1, 0.15) is 0 Å². The molecule has 1 spiro atoms. The van der Waals surface area contributed by atoms with Crippen LogP contribution < -0.4 is 5.73 Å². The van der Waals surface area contributed by atoms with E-state index in [4.69, 9.17) is 10.5 Å². The average Bonchev–Trinajstić information content (AvgIpc) is 2.72. The molecule has 0 aromatic carbocycles. The second-order valence-electron chi connectivity index (χ2n) is 6.30. The maximum absolute atomic E-state index is 6.41. The van der Waals surface area contributed by atoms with Crippen LogP contribution in [-0.4, -0.2) is 17.2 Å². The quantitative estimate of drug-likeness (QED) is 0.810. The Morgan fingerprint density at radius 1 is 1.12 bits per heavy atom. The van der Waals surface area contributed by atoms with Gasteiger partial charge in [-0.15, -0.1) is 0 Å². The van der Waals surface area contributed by atoms with Gasteiger partial charge in [0.05, 0.1) is 11.7 Å². The predicted molar refractivity (Wildman–Crippen MR) is 72.0 cm³/mol. The summed E-state index contributed by atoms with van der Waals surface area (Å²) in [6.07, 6.45) is 12.8. The average molecular weight is 239 g/mol. The Balaban J connectivity index is 1.89. The van der Waals surface area contributed by atoms with E-state index in [1.165, 1.54) is 44.9 Å². The first kappa shape index (κ1) is 13.4. The molecule has 1 atom stereocenters. The zero-order valence-corrected chi connectivity index (χ0v) is 11.6. The summed E-state index contributed by atoms with van der Waals surface area (Å²) in [5.41, 5.74) is 6.67. The minimum Gasteiger partial charge on any atom is -0.372 e. The van der Waals surface area contributed by atoms with Gasteiger partial charge in [-0.05, 0) is 44.9 Å². The van der Waals surface area contributed by atoms with Crippen molar-refractivity contribution >= 4 is 0 Å². The molecule has 2 N–H and O–H groups in total. The van der Waals surface area contributed by atoms with Crippen LogP contribution in [-0.2, 0) is 4.74 Å². The van der Waals surface area contributed by atoms with Crippen molar-refractivity contribution < 1.29 is 4.74 Å². The molecule has 2 heteroatoms. The van der Waals surface area contributed by atoms with E-state index in [-0.39, 0.29) is 11.1 Å². The molecule has 100 valence electrons. The molecule has 0 bridgehead atoms. The lowest BCUT2D eigenvalue weighted by Crippen LogP contribution is -2.42. The van der Waals surface area contributed by atoms with E-state index >= 15 is 0 Å². The Labute approximate surface area is 106 Å². The Morgan fingerprint density at radius 2 is 1.76 bits per heavy atom. The van der Waals surface area contributed by atoms with Crippen LogP contribution in [0.4, 0.5) is 0 Å². The molecular weight excluding hydrogens is 210 g/mol. The normalized spacial score (nSPS) is 28.8. The molecular formula is C15H29NO. The van der Waals surface area contributed by atoms with E-state index in [2.05, 4.69) is 13.8 Å². The summed E-state index contributed by atoms with van der Waals surface area (Å²) >= 11 is 0. The molecule has 2 fully saturated rings. The monoisotopic (exact) mass is 239 g/mol. The summed E-state index contributed by atoms with van der Waals surface area (Å²) in [5, 5.41) is 0. The Morgan fingerprint density at radius 3 is 2.35 bits per heavy atom. The van der Waals surface area contributed by atoms with Crippen molar-refractivity contribution in [3.63, 3.8) is 0 Å². The van der Waals surface area contributed by atoms with Crippen molar-refractivity contribution in [2.45, 2.75) is 95.3 Å². The molecule has 1 aliphatic heterocycles. The van der Waals surface area contributed by atoms with Gasteiger partial charge in [0, 0.05) is 5.54 Å². The summed E-state index contributed by atoms with van der Waals surface area (Å²) in [6.45, 7) is 4.41. The van der Waals surface area contributed by atoms with E-state index in [9.17, 15) is 0 Å². The molecule has 1 heterocycles. The highest BCUT2D eigenvalue weighted by atomic mass is 16.5. The van der Waals surface area contributed by atoms with Crippen molar-refractivity contribution in [2.75, 3.05) is 0 Å². The zero-order valence-electron chi connectivity index (χ0n) is 11.6. The Bertz CT molecular complexity index is 241. The number of ether oxygens (including phenoxy) is 1. The van der Waals surface area contributed by atoms with E-state index < -0.39 is 0 Å². The first-order valence-electron chi connectivity index (χ1n) is 7.58. The number of nitrogens with two attached hydrogens (primary N) is 1. The molecule has 0 aromatic rings. The smallest absolute Gasteiger partial charge is 0.0687 e. The predicted octanol–water partition coefficient (Wildman–Crippen LogP) is 3.78. The highest BCUT2D eigenvalue weighted by molar-refractivity contribution is 4.94. The molecule has 1 aliphatic carbocycles. The first-order valence-corrected chi connectivity index (χ1v) is 7.58. The maximum Gasteiger partial charge on any atom is 0.0687 e. The van der Waals surface area contributed by atoms with E-state index in [0.717, 1.165) is 19.3 Å². The minimum atomic E-state index is 0.00482. The summed E-state index contributed by atoms with van der Waals surface area (Å²) in [5.74, 6) is 0. The van der Waals surface area contributed by atoms with Crippen molar-refractivity contribution in [1.29, 1.82) is 0 Å². The third-order valence-corrected chi connectivity index (χ3v) is 5.15. The van der Waals surface area contributed by atoms with Crippen LogP contribution in [0.2, 0.25) is 0 Å². The maximum atomic E-state index is 6.41. The standard InChI is InChI=1S/C15H29NO/c1-3-14(16,4-2)12-13-8-11-15(17-13)9-6-5-7-10-15/h13H,3-12,16H2,1-2H3. The molecule has 0 aromatic heterocycles. The van der Waals surface area contributed by atoms with Crippen LogP contribution >= 0.6 is 0 Å². The molecule has 2 rings (SSSR count). The van der Waals surface area contributed by atoms with Crippen molar-refractivity contribution in [2.24, 2.45) is 5.73 Å². The van der Waals surface area contributed by atoms with Crippen LogP contribution in [0.15, 0.2) is 0 Å². The van der Waals surface area contributed by atoms with Crippen molar-refractivity contribution in [3.8, 4) is 0 Å². The fourth-order valence-corrected chi connectivity index (χ4v) is 3.60. The summed E-state index contributed by atoms with van der Waals surface area (Å²) in [4.78, 5) is 0. The highest BCUT2D eigenvalue weighted by Crippen LogP contribution is 2.43. The molecule has 1 unspecified atom stereocenters. The third-order valence-electron chi connectivity index (χ3n) is 5.15. The molecule has 0 amide bonds. The van der Waals surface area contributed by atoms with Crippen LogP contribution in [0.3, 0.4) is 0 Å². The lowest BCUT2D eigenvalue weighted by Gasteiger charge is -2.35. The molecule has 1 saturated heterocycles. The Hall–Kier alpha value is -0.0800. The van der Waals surface area contributed by atoms with Crippen LogP contribution in [0.25, 0.3) is 0 Å². The lowest BCUT2D eigenvalue weighted by atomic mass is 9.82. The topological polar surface area (TPSA) is 35.2 Å². The second kappa shape index (κ2) is 5.27. The zero-order chi connectivity index (χ0) is 12.4. The first-order chi connectivity index (χ1) is 8.11. The molecule has 0 radical (unpaired) electrons. The van der Waals surface area contributed by atoms with Crippen molar-refractivity contribution in [1.82, 2.24) is 0 Å². The Kier molecular flexibility index (Phi) is 4.14. The SMILES string of the molecule is CCC(N)(CC)CC1CCC2(CCCCC2)O1. The van der Waals surface area contributed by atoms with Gasteiger partial charge in [-0.1, -0.05) is 33.1 Å². The van der Waals surface area contributed by atoms with E-state index in [1.54, 1.807) is 0 Å². The summed E-state index contributed by atoms with van der Waals surface area (Å²) in [7, 11) is 0. The van der Waals surface area contributed by atoms with Gasteiger partial charge < -0.3 is 10.5 Å². The number of hydrogen-bond acceptors (Lipinski definition) is 2. The van der Waals surface area contributed by atoms with Gasteiger partial charge in [0.15, 0.2) is 0 Å². The van der Waals surface area contributed by atoms with E-state index in [0.29, 0.717) is 6.10 Å². The molecule has 1 saturated carbocycles. The summed E-state index contributed by atoms with van der Waals surface area (Å²) < 4.78 is 6.41. The molecule has 2 nitrogen and oxygen atoms in total. The third kappa shape index (κ3) is 3.03.